The van der Waals surface area contributed by atoms with Gasteiger partial charge in [0, 0.05) is 18.4 Å². The van der Waals surface area contributed by atoms with Crippen LogP contribution in [-0.2, 0) is 0 Å². The number of hydrogen-bond donors (Lipinski definition) is 1. The topological polar surface area (TPSA) is 37.8 Å². The number of nitrogens with one attached hydrogen (secondary N) is 1. The van der Waals surface area contributed by atoms with Crippen molar-refractivity contribution in [3.63, 3.8) is 0 Å². The van der Waals surface area contributed by atoms with Crippen LogP contribution in [0.4, 0.5) is 0 Å². The molecule has 1 atom stereocenters. The van der Waals surface area contributed by atoms with E-state index in [0.29, 0.717) is 6.04 Å². The molecule has 0 aliphatic rings. The quantitative estimate of drug-likeness (QED) is 0.823. The van der Waals surface area contributed by atoms with Crippen LogP contribution in [-0.4, -0.2) is 16.5 Å². The van der Waals surface area contributed by atoms with Crippen LogP contribution in [0.5, 0.6) is 0 Å². The van der Waals surface area contributed by atoms with Gasteiger partial charge in [0.1, 0.15) is 0 Å². The van der Waals surface area contributed by atoms with Crippen molar-refractivity contribution in [1.29, 1.82) is 0 Å². The summed E-state index contributed by atoms with van der Waals surface area (Å²) in [4.78, 5) is 8.73. The summed E-state index contributed by atoms with van der Waals surface area (Å²) in [5.74, 6) is 0.778. The zero-order chi connectivity index (χ0) is 14.4. The molecule has 1 heterocycles. The van der Waals surface area contributed by atoms with Crippen LogP contribution in [0, 0.1) is 5.92 Å². The summed E-state index contributed by atoms with van der Waals surface area (Å²) in [7, 11) is 0. The number of aromatic nitrogens is 2. The monoisotopic (exact) mass is 271 g/mol. The Morgan fingerprint density at radius 3 is 2.50 bits per heavy atom. The Morgan fingerprint density at radius 2 is 1.80 bits per heavy atom. The molecule has 1 unspecified atom stereocenters. The minimum Gasteiger partial charge on any atom is -0.310 e. The van der Waals surface area contributed by atoms with Crippen molar-refractivity contribution in [3.8, 4) is 0 Å². The van der Waals surface area contributed by atoms with Gasteiger partial charge in [0.25, 0.3) is 0 Å². The minimum atomic E-state index is 0.421. The normalized spacial score (nSPS) is 13.0. The first kappa shape index (κ1) is 14.9. The predicted octanol–water partition coefficient (Wildman–Crippen LogP) is 4.11. The van der Waals surface area contributed by atoms with Crippen LogP contribution in [0.1, 0.15) is 51.6 Å². The molecule has 20 heavy (non-hydrogen) atoms. The Labute approximate surface area is 121 Å². The number of benzene rings is 1. The van der Waals surface area contributed by atoms with Crippen LogP contribution in [0.2, 0.25) is 0 Å². The van der Waals surface area contributed by atoms with Gasteiger partial charge in [-0.25, -0.2) is 0 Å². The molecule has 1 aromatic carbocycles. The lowest BCUT2D eigenvalue weighted by Gasteiger charge is -2.19. The van der Waals surface area contributed by atoms with Crippen LogP contribution < -0.4 is 5.32 Å². The highest BCUT2D eigenvalue weighted by Crippen LogP contribution is 2.23. The third kappa shape index (κ3) is 4.01. The first-order valence-corrected chi connectivity index (χ1v) is 7.64. The van der Waals surface area contributed by atoms with Crippen LogP contribution in [0.25, 0.3) is 11.0 Å². The summed E-state index contributed by atoms with van der Waals surface area (Å²) >= 11 is 0. The Balaban J connectivity index is 2.13. The second-order valence-electron chi connectivity index (χ2n) is 5.74. The van der Waals surface area contributed by atoms with E-state index in [0.717, 1.165) is 23.5 Å². The molecule has 0 spiro atoms. The number of rotatable bonds is 7. The Morgan fingerprint density at radius 1 is 1.05 bits per heavy atom. The Hall–Kier alpha value is -1.48. The largest absolute Gasteiger partial charge is 0.310 e. The predicted molar refractivity (Wildman–Crippen MR) is 84.6 cm³/mol. The van der Waals surface area contributed by atoms with Crippen molar-refractivity contribution in [2.75, 3.05) is 6.54 Å². The molecule has 0 amide bonds. The van der Waals surface area contributed by atoms with Crippen LogP contribution >= 0.6 is 0 Å². The molecule has 0 aliphatic heterocycles. The van der Waals surface area contributed by atoms with Gasteiger partial charge < -0.3 is 5.32 Å². The highest BCUT2D eigenvalue weighted by atomic mass is 14.9. The van der Waals surface area contributed by atoms with Crippen molar-refractivity contribution in [1.82, 2.24) is 15.3 Å². The molecule has 3 heteroatoms. The van der Waals surface area contributed by atoms with E-state index >= 15 is 0 Å². The van der Waals surface area contributed by atoms with Gasteiger partial charge in [-0.15, -0.1) is 0 Å². The molecule has 0 fully saturated rings. The Kier molecular flexibility index (Phi) is 5.48. The second-order valence-corrected chi connectivity index (χ2v) is 5.74. The van der Waals surface area contributed by atoms with Gasteiger partial charge in [0.15, 0.2) is 0 Å². The van der Waals surface area contributed by atoms with E-state index in [-0.39, 0.29) is 0 Å². The number of hydrogen-bond acceptors (Lipinski definition) is 3. The van der Waals surface area contributed by atoms with Crippen molar-refractivity contribution in [3.05, 3.63) is 36.2 Å². The molecule has 0 radical (unpaired) electrons. The van der Waals surface area contributed by atoms with E-state index in [2.05, 4.69) is 54.3 Å². The zero-order valence-electron chi connectivity index (χ0n) is 12.8. The van der Waals surface area contributed by atoms with Gasteiger partial charge in [-0.05, 0) is 36.6 Å². The third-order valence-corrected chi connectivity index (χ3v) is 3.62. The maximum atomic E-state index is 4.40. The van der Waals surface area contributed by atoms with Gasteiger partial charge in [-0.3, -0.25) is 9.97 Å². The lowest BCUT2D eigenvalue weighted by Crippen LogP contribution is -2.21. The summed E-state index contributed by atoms with van der Waals surface area (Å²) in [6.07, 6.45) is 7.22. The molecular formula is C17H25N3. The molecule has 1 N–H and O–H groups in total. The zero-order valence-corrected chi connectivity index (χ0v) is 12.8. The Bertz CT molecular complexity index is 537. The number of fused-ring (bicyclic) bond motifs is 1. The lowest BCUT2D eigenvalue weighted by atomic mass is 9.97. The maximum Gasteiger partial charge on any atom is 0.0890 e. The van der Waals surface area contributed by atoms with E-state index in [1.54, 1.807) is 12.4 Å². The number of nitrogens with zero attached hydrogens (tertiary/aromatic N) is 2. The summed E-state index contributed by atoms with van der Waals surface area (Å²) in [6, 6.07) is 6.85. The standard InChI is InChI=1S/C17H25N3/c1-4-18-15(7-5-6-13(2)3)14-8-9-16-17(12-14)20-11-10-19-16/h8-13,15,18H,4-7H2,1-3H3. The molecule has 0 saturated heterocycles. The average molecular weight is 271 g/mol. The highest BCUT2D eigenvalue weighted by Gasteiger charge is 2.11. The van der Waals surface area contributed by atoms with E-state index < -0.39 is 0 Å². The van der Waals surface area contributed by atoms with E-state index in [1.165, 1.54) is 24.8 Å². The molecule has 0 saturated carbocycles. The van der Waals surface area contributed by atoms with Gasteiger partial charge in [-0.1, -0.05) is 39.7 Å². The molecule has 0 aliphatic carbocycles. The first-order valence-electron chi connectivity index (χ1n) is 7.64. The van der Waals surface area contributed by atoms with Crippen LogP contribution in [0.15, 0.2) is 30.6 Å². The van der Waals surface area contributed by atoms with Gasteiger partial charge in [0.2, 0.25) is 0 Å². The molecule has 3 nitrogen and oxygen atoms in total. The highest BCUT2D eigenvalue weighted by molar-refractivity contribution is 5.74. The fourth-order valence-electron chi connectivity index (χ4n) is 2.56. The summed E-state index contributed by atoms with van der Waals surface area (Å²) < 4.78 is 0. The van der Waals surface area contributed by atoms with Gasteiger partial charge in [-0.2, -0.15) is 0 Å². The summed E-state index contributed by atoms with van der Waals surface area (Å²) in [5.41, 5.74) is 3.27. The molecular weight excluding hydrogens is 246 g/mol. The fourth-order valence-corrected chi connectivity index (χ4v) is 2.56. The van der Waals surface area contributed by atoms with E-state index in [1.807, 2.05) is 0 Å². The van der Waals surface area contributed by atoms with Gasteiger partial charge >= 0.3 is 0 Å². The van der Waals surface area contributed by atoms with Gasteiger partial charge in [0.05, 0.1) is 11.0 Å². The van der Waals surface area contributed by atoms with Crippen molar-refractivity contribution >= 4 is 11.0 Å². The maximum absolute atomic E-state index is 4.40. The van der Waals surface area contributed by atoms with E-state index in [4.69, 9.17) is 0 Å². The van der Waals surface area contributed by atoms with Crippen molar-refractivity contribution in [2.24, 2.45) is 5.92 Å². The average Bonchev–Trinajstić information content (AvgIpc) is 2.45. The summed E-state index contributed by atoms with van der Waals surface area (Å²) in [5, 5.41) is 3.59. The van der Waals surface area contributed by atoms with E-state index in [9.17, 15) is 0 Å². The fraction of sp³-hybridized carbons (Fsp3) is 0.529. The first-order chi connectivity index (χ1) is 9.70. The molecule has 108 valence electrons. The SMILES string of the molecule is CCNC(CCCC(C)C)c1ccc2nccnc2c1. The molecule has 2 aromatic rings. The van der Waals surface area contributed by atoms with Crippen LogP contribution in [0.3, 0.4) is 0 Å². The summed E-state index contributed by atoms with van der Waals surface area (Å²) in [6.45, 7) is 7.73. The molecule has 0 bridgehead atoms. The van der Waals surface area contributed by atoms with Crippen molar-refractivity contribution in [2.45, 2.75) is 46.1 Å². The van der Waals surface area contributed by atoms with Crippen molar-refractivity contribution < 1.29 is 0 Å². The molecule has 2 rings (SSSR count). The lowest BCUT2D eigenvalue weighted by molar-refractivity contribution is 0.455. The third-order valence-electron chi connectivity index (χ3n) is 3.62. The second kappa shape index (κ2) is 7.34. The smallest absolute Gasteiger partial charge is 0.0890 e. The molecule has 1 aromatic heterocycles. The minimum absolute atomic E-state index is 0.421.